The second-order valence-corrected chi connectivity index (χ2v) is 4.26. The summed E-state index contributed by atoms with van der Waals surface area (Å²) in [5, 5.41) is 4.06. The Morgan fingerprint density at radius 1 is 1.39 bits per heavy atom. The Morgan fingerprint density at radius 2 is 2.06 bits per heavy atom. The number of esters is 1. The maximum absolute atomic E-state index is 11.2. The lowest BCUT2D eigenvalue weighted by atomic mass is 9.94. The Kier molecular flexibility index (Phi) is 3.41. The van der Waals surface area contributed by atoms with Crippen molar-refractivity contribution >= 4 is 17.6 Å². The molecule has 1 aliphatic rings. The zero-order valence-electron chi connectivity index (χ0n) is 10.3. The highest BCUT2D eigenvalue weighted by Crippen LogP contribution is 2.19. The van der Waals surface area contributed by atoms with Gasteiger partial charge in [0.05, 0.1) is 5.71 Å². The number of nitrogens with one attached hydrogen (secondary N) is 1. The van der Waals surface area contributed by atoms with Gasteiger partial charge in [-0.3, -0.25) is 9.59 Å². The van der Waals surface area contributed by atoms with Crippen molar-refractivity contribution < 1.29 is 14.3 Å². The van der Waals surface area contributed by atoms with E-state index in [0.717, 1.165) is 11.3 Å². The molecule has 0 saturated heterocycles. The van der Waals surface area contributed by atoms with Gasteiger partial charge in [0.25, 0.3) is 0 Å². The summed E-state index contributed by atoms with van der Waals surface area (Å²) in [6.45, 7) is 3.31. The summed E-state index contributed by atoms with van der Waals surface area (Å²) in [7, 11) is 0. The van der Waals surface area contributed by atoms with Gasteiger partial charge in [0.15, 0.2) is 0 Å². The van der Waals surface area contributed by atoms with Crippen LogP contribution in [-0.2, 0) is 9.59 Å². The van der Waals surface area contributed by atoms with Crippen LogP contribution in [0.3, 0.4) is 0 Å². The molecule has 1 aromatic rings. The first-order valence-corrected chi connectivity index (χ1v) is 5.71. The van der Waals surface area contributed by atoms with E-state index >= 15 is 0 Å². The molecule has 2 rings (SSSR count). The van der Waals surface area contributed by atoms with Crippen LogP contribution < -0.4 is 10.2 Å². The van der Waals surface area contributed by atoms with Crippen LogP contribution in [0.15, 0.2) is 29.4 Å². The van der Waals surface area contributed by atoms with Crippen LogP contribution in [-0.4, -0.2) is 17.6 Å². The van der Waals surface area contributed by atoms with E-state index in [1.54, 1.807) is 12.1 Å². The van der Waals surface area contributed by atoms with Gasteiger partial charge in [-0.2, -0.15) is 5.10 Å². The van der Waals surface area contributed by atoms with Gasteiger partial charge >= 0.3 is 5.97 Å². The summed E-state index contributed by atoms with van der Waals surface area (Å²) in [6.07, 6.45) is 0.435. The van der Waals surface area contributed by atoms with Gasteiger partial charge < -0.3 is 4.74 Å². The molecule has 94 valence electrons. The van der Waals surface area contributed by atoms with Gasteiger partial charge in [-0.05, 0) is 29.8 Å². The summed E-state index contributed by atoms with van der Waals surface area (Å²) < 4.78 is 4.95. The summed E-state index contributed by atoms with van der Waals surface area (Å²) >= 11 is 0. The Morgan fingerprint density at radius 3 is 2.61 bits per heavy atom. The standard InChI is InChI=1S/C13H14N2O3/c1-8-7-12(17)14-15-13(8)10-3-5-11(6-4-10)18-9(2)16/h3-6,8H,7H2,1-2H3,(H,14,17)/t8-/m1/s1. The maximum Gasteiger partial charge on any atom is 0.308 e. The number of hydrazone groups is 1. The third-order valence-electron chi connectivity index (χ3n) is 2.67. The molecule has 1 aliphatic heterocycles. The molecule has 18 heavy (non-hydrogen) atoms. The minimum absolute atomic E-state index is 0.0669. The molecule has 0 fully saturated rings. The van der Waals surface area contributed by atoms with E-state index in [-0.39, 0.29) is 17.8 Å². The summed E-state index contributed by atoms with van der Waals surface area (Å²) in [5.74, 6) is 0.166. The predicted octanol–water partition coefficient (Wildman–Crippen LogP) is 1.47. The highest BCUT2D eigenvalue weighted by Gasteiger charge is 2.21. The van der Waals surface area contributed by atoms with E-state index in [1.807, 2.05) is 19.1 Å². The number of carbonyl (C=O) groups is 2. The van der Waals surface area contributed by atoms with Crippen molar-refractivity contribution in [3.63, 3.8) is 0 Å². The zero-order valence-corrected chi connectivity index (χ0v) is 10.3. The van der Waals surface area contributed by atoms with E-state index < -0.39 is 0 Å². The molecule has 1 amide bonds. The predicted molar refractivity (Wildman–Crippen MR) is 66.2 cm³/mol. The van der Waals surface area contributed by atoms with Crippen LogP contribution in [0, 0.1) is 5.92 Å². The number of carbonyl (C=O) groups excluding carboxylic acids is 2. The van der Waals surface area contributed by atoms with Gasteiger partial charge in [0.2, 0.25) is 5.91 Å². The molecule has 0 radical (unpaired) electrons. The number of nitrogens with zero attached hydrogens (tertiary/aromatic N) is 1. The fourth-order valence-electron chi connectivity index (χ4n) is 1.86. The first-order chi connectivity index (χ1) is 8.56. The van der Waals surface area contributed by atoms with Crippen molar-refractivity contribution in [1.82, 2.24) is 5.43 Å². The lowest BCUT2D eigenvalue weighted by molar-refractivity contribution is -0.131. The van der Waals surface area contributed by atoms with Crippen molar-refractivity contribution in [3.8, 4) is 5.75 Å². The molecule has 1 N–H and O–H groups in total. The smallest absolute Gasteiger partial charge is 0.308 e. The van der Waals surface area contributed by atoms with Gasteiger partial charge in [-0.1, -0.05) is 6.92 Å². The van der Waals surface area contributed by atoms with E-state index in [4.69, 9.17) is 4.74 Å². The number of ether oxygens (including phenoxy) is 1. The lowest BCUT2D eigenvalue weighted by Gasteiger charge is -2.19. The van der Waals surface area contributed by atoms with E-state index in [1.165, 1.54) is 6.92 Å². The molecular formula is C13H14N2O3. The molecule has 0 aliphatic carbocycles. The SMILES string of the molecule is CC(=O)Oc1ccc(C2=NNC(=O)C[C@H]2C)cc1. The monoisotopic (exact) mass is 246 g/mol. The molecular weight excluding hydrogens is 232 g/mol. The molecule has 1 atom stereocenters. The molecule has 0 spiro atoms. The van der Waals surface area contributed by atoms with Crippen LogP contribution in [0.1, 0.15) is 25.8 Å². The average Bonchev–Trinajstić information content (AvgIpc) is 2.30. The van der Waals surface area contributed by atoms with E-state index in [2.05, 4.69) is 10.5 Å². The van der Waals surface area contributed by atoms with Crippen molar-refractivity contribution in [2.75, 3.05) is 0 Å². The molecule has 0 unspecified atom stereocenters. The normalized spacial score (nSPS) is 18.9. The van der Waals surface area contributed by atoms with Crippen molar-refractivity contribution in [1.29, 1.82) is 0 Å². The number of rotatable bonds is 2. The van der Waals surface area contributed by atoms with Crippen molar-refractivity contribution in [3.05, 3.63) is 29.8 Å². The number of hydrogen-bond acceptors (Lipinski definition) is 4. The summed E-state index contributed by atoms with van der Waals surface area (Å²) in [6, 6.07) is 7.07. The minimum atomic E-state index is -0.349. The van der Waals surface area contributed by atoms with E-state index in [9.17, 15) is 9.59 Å². The fraction of sp³-hybridized carbons (Fsp3) is 0.308. The molecule has 0 saturated carbocycles. The van der Waals surface area contributed by atoms with Crippen LogP contribution >= 0.6 is 0 Å². The topological polar surface area (TPSA) is 67.8 Å². The molecule has 0 bridgehead atoms. The van der Waals surface area contributed by atoms with Gasteiger partial charge in [0.1, 0.15) is 5.75 Å². The largest absolute Gasteiger partial charge is 0.427 e. The molecule has 0 aromatic heterocycles. The minimum Gasteiger partial charge on any atom is -0.427 e. The Hall–Kier alpha value is -2.17. The second kappa shape index (κ2) is 5.00. The molecule has 1 aromatic carbocycles. The highest BCUT2D eigenvalue weighted by atomic mass is 16.5. The van der Waals surface area contributed by atoms with Crippen LogP contribution in [0.5, 0.6) is 5.75 Å². The molecule has 1 heterocycles. The quantitative estimate of drug-likeness (QED) is 0.634. The first-order valence-electron chi connectivity index (χ1n) is 5.71. The first kappa shape index (κ1) is 12.3. The zero-order chi connectivity index (χ0) is 13.1. The van der Waals surface area contributed by atoms with Crippen molar-refractivity contribution in [2.24, 2.45) is 11.0 Å². The Bertz CT molecular complexity index is 505. The summed E-state index contributed by atoms with van der Waals surface area (Å²) in [5.41, 5.74) is 4.22. The lowest BCUT2D eigenvalue weighted by Crippen LogP contribution is -2.31. The number of hydrogen-bond donors (Lipinski definition) is 1. The molecule has 5 heteroatoms. The Labute approximate surface area is 105 Å². The average molecular weight is 246 g/mol. The highest BCUT2D eigenvalue weighted by molar-refractivity contribution is 6.05. The summed E-state index contributed by atoms with van der Waals surface area (Å²) in [4.78, 5) is 21.9. The van der Waals surface area contributed by atoms with Gasteiger partial charge in [0, 0.05) is 19.3 Å². The number of benzene rings is 1. The third kappa shape index (κ3) is 2.74. The fourth-order valence-corrected chi connectivity index (χ4v) is 1.86. The van der Waals surface area contributed by atoms with Crippen molar-refractivity contribution in [2.45, 2.75) is 20.3 Å². The maximum atomic E-state index is 11.2. The van der Waals surface area contributed by atoms with E-state index in [0.29, 0.717) is 12.2 Å². The van der Waals surface area contributed by atoms with Gasteiger partial charge in [-0.25, -0.2) is 5.43 Å². The second-order valence-electron chi connectivity index (χ2n) is 4.26. The number of amides is 1. The van der Waals surface area contributed by atoms with Crippen LogP contribution in [0.2, 0.25) is 0 Å². The van der Waals surface area contributed by atoms with Crippen LogP contribution in [0.25, 0.3) is 0 Å². The molecule has 5 nitrogen and oxygen atoms in total. The third-order valence-corrected chi connectivity index (χ3v) is 2.67. The Balaban J connectivity index is 2.19. The van der Waals surface area contributed by atoms with Crippen LogP contribution in [0.4, 0.5) is 0 Å². The van der Waals surface area contributed by atoms with Gasteiger partial charge in [-0.15, -0.1) is 0 Å².